The first-order valence-corrected chi connectivity index (χ1v) is 5.87. The maximum atomic E-state index is 11.0. The molecule has 0 bridgehead atoms. The molecular weight excluding hydrogens is 244 g/mol. The van der Waals surface area contributed by atoms with Crippen LogP contribution in [-0.4, -0.2) is 16.3 Å². The summed E-state index contributed by atoms with van der Waals surface area (Å²) in [5.41, 5.74) is 0.972. The Balaban J connectivity index is 2.67. The third kappa shape index (κ3) is 1.99. The van der Waals surface area contributed by atoms with Gasteiger partial charge in [-0.05, 0) is 26.0 Å². The van der Waals surface area contributed by atoms with Gasteiger partial charge in [-0.15, -0.1) is 11.3 Å². The van der Waals surface area contributed by atoms with Gasteiger partial charge in [0, 0.05) is 4.88 Å². The van der Waals surface area contributed by atoms with Crippen molar-refractivity contribution in [3.8, 4) is 10.6 Å². The van der Waals surface area contributed by atoms with Gasteiger partial charge in [0.1, 0.15) is 11.0 Å². The number of carbonyl (C=O) groups is 1. The molecule has 0 aliphatic rings. The summed E-state index contributed by atoms with van der Waals surface area (Å²) < 4.78 is 0. The van der Waals surface area contributed by atoms with Crippen LogP contribution in [0.2, 0.25) is 5.15 Å². The van der Waals surface area contributed by atoms with Crippen molar-refractivity contribution < 1.29 is 4.79 Å². The Morgan fingerprint density at radius 1 is 1.31 bits per heavy atom. The number of hydrogen-bond acceptors (Lipinski definition) is 4. The second-order valence-corrected chi connectivity index (χ2v) is 5.00. The first-order chi connectivity index (χ1) is 7.61. The lowest BCUT2D eigenvalue weighted by molar-refractivity contribution is 0.112. The molecule has 2 rings (SSSR count). The number of thiophene rings is 1. The summed E-state index contributed by atoms with van der Waals surface area (Å²) in [4.78, 5) is 21.3. The molecule has 0 aromatic carbocycles. The molecular formula is C11H9ClN2OS. The number of carbonyl (C=O) groups excluding carboxylic acids is 1. The van der Waals surface area contributed by atoms with Gasteiger partial charge in [0.2, 0.25) is 0 Å². The molecule has 0 aliphatic carbocycles. The lowest BCUT2D eigenvalue weighted by atomic mass is 10.2. The molecule has 16 heavy (non-hydrogen) atoms. The summed E-state index contributed by atoms with van der Waals surface area (Å²) in [6.07, 6.45) is 0.701. The number of aldehydes is 1. The minimum Gasteiger partial charge on any atom is -0.298 e. The molecule has 2 aromatic rings. The highest BCUT2D eigenvalue weighted by atomic mass is 35.5. The Bertz CT molecular complexity index is 551. The van der Waals surface area contributed by atoms with Crippen LogP contribution in [0, 0.1) is 13.8 Å². The van der Waals surface area contributed by atoms with Crippen molar-refractivity contribution in [2.45, 2.75) is 13.8 Å². The lowest BCUT2D eigenvalue weighted by Gasteiger charge is -2.04. The Kier molecular flexibility index (Phi) is 3.03. The molecule has 2 heterocycles. The summed E-state index contributed by atoms with van der Waals surface area (Å²) in [6.45, 7) is 3.76. The molecule has 0 amide bonds. The number of hydrogen-bond donors (Lipinski definition) is 0. The van der Waals surface area contributed by atoms with Crippen LogP contribution < -0.4 is 0 Å². The summed E-state index contributed by atoms with van der Waals surface area (Å²) >= 11 is 7.49. The Labute approximate surface area is 102 Å². The molecule has 0 N–H and O–H groups in total. The van der Waals surface area contributed by atoms with Crippen LogP contribution in [-0.2, 0) is 0 Å². The second kappa shape index (κ2) is 4.31. The molecule has 0 spiro atoms. The number of rotatable bonds is 2. The van der Waals surface area contributed by atoms with E-state index >= 15 is 0 Å². The summed E-state index contributed by atoms with van der Waals surface area (Å²) in [5.74, 6) is 0.566. The first kappa shape index (κ1) is 11.2. The average molecular weight is 253 g/mol. The SMILES string of the molecule is Cc1nc(Cl)c(C=O)c(-c2ccc(C)s2)n1. The standard InChI is InChI=1S/C11H9ClN2OS/c1-6-3-4-9(16-6)10-8(5-15)11(12)14-7(2)13-10/h3-5H,1-2H3. The van der Waals surface area contributed by atoms with Crippen molar-refractivity contribution >= 4 is 29.2 Å². The molecule has 0 unspecified atom stereocenters. The van der Waals surface area contributed by atoms with Gasteiger partial charge in [-0.2, -0.15) is 0 Å². The zero-order chi connectivity index (χ0) is 11.7. The Hall–Kier alpha value is -1.26. The zero-order valence-electron chi connectivity index (χ0n) is 8.82. The number of aromatic nitrogens is 2. The van der Waals surface area contributed by atoms with Crippen LogP contribution in [0.3, 0.4) is 0 Å². The molecule has 0 aliphatic heterocycles. The van der Waals surface area contributed by atoms with Gasteiger partial charge in [0.25, 0.3) is 0 Å². The van der Waals surface area contributed by atoms with Crippen molar-refractivity contribution in [2.24, 2.45) is 0 Å². The third-order valence-electron chi connectivity index (χ3n) is 2.10. The van der Waals surface area contributed by atoms with E-state index in [0.717, 1.165) is 4.88 Å². The predicted octanol–water partition coefficient (Wildman–Crippen LogP) is 3.29. The van der Waals surface area contributed by atoms with Crippen LogP contribution in [0.15, 0.2) is 12.1 Å². The predicted molar refractivity (Wildman–Crippen MR) is 65.2 cm³/mol. The average Bonchev–Trinajstić information content (AvgIpc) is 2.63. The van der Waals surface area contributed by atoms with E-state index in [4.69, 9.17) is 11.6 Å². The van der Waals surface area contributed by atoms with Crippen LogP contribution in [0.5, 0.6) is 0 Å². The molecule has 0 atom stereocenters. The van der Waals surface area contributed by atoms with Crippen LogP contribution in [0.4, 0.5) is 0 Å². The van der Waals surface area contributed by atoms with Gasteiger partial charge in [0.05, 0.1) is 16.1 Å². The highest BCUT2D eigenvalue weighted by molar-refractivity contribution is 7.15. The van der Waals surface area contributed by atoms with E-state index in [2.05, 4.69) is 9.97 Å². The second-order valence-electron chi connectivity index (χ2n) is 3.35. The maximum absolute atomic E-state index is 11.0. The molecule has 3 nitrogen and oxygen atoms in total. The monoisotopic (exact) mass is 252 g/mol. The van der Waals surface area contributed by atoms with Crippen molar-refractivity contribution in [2.75, 3.05) is 0 Å². The zero-order valence-corrected chi connectivity index (χ0v) is 10.4. The van der Waals surface area contributed by atoms with Crippen molar-refractivity contribution in [1.82, 2.24) is 9.97 Å². The molecule has 0 radical (unpaired) electrons. The smallest absolute Gasteiger partial charge is 0.155 e. The molecule has 0 fully saturated rings. The van der Waals surface area contributed by atoms with E-state index in [1.807, 2.05) is 19.1 Å². The van der Waals surface area contributed by atoms with Crippen molar-refractivity contribution in [3.63, 3.8) is 0 Å². The normalized spacial score (nSPS) is 10.4. The third-order valence-corrected chi connectivity index (χ3v) is 3.40. The van der Waals surface area contributed by atoms with Gasteiger partial charge in [-0.1, -0.05) is 11.6 Å². The topological polar surface area (TPSA) is 42.9 Å². The maximum Gasteiger partial charge on any atom is 0.155 e. The van der Waals surface area contributed by atoms with Crippen molar-refractivity contribution in [3.05, 3.63) is 33.6 Å². The number of aryl methyl sites for hydroxylation is 2. The quantitative estimate of drug-likeness (QED) is 0.608. The van der Waals surface area contributed by atoms with E-state index in [1.165, 1.54) is 4.88 Å². The van der Waals surface area contributed by atoms with Crippen LogP contribution in [0.25, 0.3) is 10.6 Å². The molecule has 82 valence electrons. The van der Waals surface area contributed by atoms with Crippen LogP contribution >= 0.6 is 22.9 Å². The van der Waals surface area contributed by atoms with E-state index in [1.54, 1.807) is 18.3 Å². The van der Waals surface area contributed by atoms with Crippen molar-refractivity contribution in [1.29, 1.82) is 0 Å². The summed E-state index contributed by atoms with van der Waals surface area (Å²) in [7, 11) is 0. The molecule has 5 heteroatoms. The highest BCUT2D eigenvalue weighted by Gasteiger charge is 2.13. The summed E-state index contributed by atoms with van der Waals surface area (Å²) in [6, 6.07) is 3.92. The number of nitrogens with zero attached hydrogens (tertiary/aromatic N) is 2. The fraction of sp³-hybridized carbons (Fsp3) is 0.182. The van der Waals surface area contributed by atoms with Gasteiger partial charge < -0.3 is 0 Å². The van der Waals surface area contributed by atoms with E-state index in [9.17, 15) is 4.79 Å². The summed E-state index contributed by atoms with van der Waals surface area (Å²) in [5, 5.41) is 0.212. The van der Waals surface area contributed by atoms with Gasteiger partial charge in [-0.25, -0.2) is 9.97 Å². The fourth-order valence-corrected chi connectivity index (χ4v) is 2.53. The number of halogens is 1. The van der Waals surface area contributed by atoms with Gasteiger partial charge in [-0.3, -0.25) is 4.79 Å². The Morgan fingerprint density at radius 3 is 2.62 bits per heavy atom. The van der Waals surface area contributed by atoms with E-state index in [-0.39, 0.29) is 5.15 Å². The van der Waals surface area contributed by atoms with Crippen LogP contribution in [0.1, 0.15) is 21.1 Å². The van der Waals surface area contributed by atoms with Gasteiger partial charge in [0.15, 0.2) is 6.29 Å². The minimum absolute atomic E-state index is 0.212. The van der Waals surface area contributed by atoms with Gasteiger partial charge >= 0.3 is 0 Å². The Morgan fingerprint density at radius 2 is 2.06 bits per heavy atom. The highest BCUT2D eigenvalue weighted by Crippen LogP contribution is 2.30. The lowest BCUT2D eigenvalue weighted by Crippen LogP contribution is -1.98. The van der Waals surface area contributed by atoms with E-state index < -0.39 is 0 Å². The fourth-order valence-electron chi connectivity index (χ4n) is 1.40. The minimum atomic E-state index is 0.212. The largest absolute Gasteiger partial charge is 0.298 e. The molecule has 2 aromatic heterocycles. The first-order valence-electron chi connectivity index (χ1n) is 4.68. The van der Waals surface area contributed by atoms with E-state index in [0.29, 0.717) is 23.4 Å². The molecule has 0 saturated heterocycles. The molecule has 0 saturated carbocycles.